The van der Waals surface area contributed by atoms with Crippen molar-refractivity contribution in [2.45, 2.75) is 45.1 Å². The van der Waals surface area contributed by atoms with Gasteiger partial charge in [0.05, 0.1) is 24.2 Å². The summed E-state index contributed by atoms with van der Waals surface area (Å²) < 4.78 is 5.97. The highest BCUT2D eigenvalue weighted by Gasteiger charge is 2.32. The highest BCUT2D eigenvalue weighted by molar-refractivity contribution is 6.09. The van der Waals surface area contributed by atoms with Gasteiger partial charge in [-0.25, -0.2) is 0 Å². The minimum absolute atomic E-state index is 0.0480. The van der Waals surface area contributed by atoms with Crippen LogP contribution in [0.2, 0.25) is 0 Å². The van der Waals surface area contributed by atoms with Gasteiger partial charge in [0.2, 0.25) is 5.91 Å². The van der Waals surface area contributed by atoms with Gasteiger partial charge in [0.15, 0.2) is 5.96 Å². The van der Waals surface area contributed by atoms with Gasteiger partial charge in [-0.3, -0.25) is 19.4 Å². The zero-order valence-corrected chi connectivity index (χ0v) is 23.6. The van der Waals surface area contributed by atoms with Crippen molar-refractivity contribution in [2.75, 3.05) is 24.5 Å². The number of hydrogen-bond acceptors (Lipinski definition) is 5. The van der Waals surface area contributed by atoms with Crippen LogP contribution in [0.5, 0.6) is 11.5 Å². The summed E-state index contributed by atoms with van der Waals surface area (Å²) in [6, 6.07) is 22.5. The Morgan fingerprint density at radius 1 is 0.881 bits per heavy atom. The number of ether oxygens (including phenoxy) is 1. The maximum Gasteiger partial charge on any atom is 0.305 e. The summed E-state index contributed by atoms with van der Waals surface area (Å²) in [4.78, 5) is 45.3. The summed E-state index contributed by atoms with van der Waals surface area (Å²) >= 11 is 0. The molecule has 0 unspecified atom stereocenters. The molecule has 220 valence electrons. The summed E-state index contributed by atoms with van der Waals surface area (Å²) in [5, 5.41) is 9.22. The molecule has 10 heteroatoms. The predicted molar refractivity (Wildman–Crippen MR) is 162 cm³/mol. The number of benzene rings is 3. The van der Waals surface area contributed by atoms with Gasteiger partial charge in [-0.2, -0.15) is 0 Å². The van der Waals surface area contributed by atoms with Crippen LogP contribution in [-0.4, -0.2) is 53.4 Å². The van der Waals surface area contributed by atoms with Gasteiger partial charge in [0, 0.05) is 13.1 Å². The first kappa shape index (κ1) is 30.1. The molecule has 1 aliphatic heterocycles. The molecule has 0 bridgehead atoms. The Kier molecular flexibility index (Phi) is 10.5. The van der Waals surface area contributed by atoms with E-state index < -0.39 is 5.97 Å². The number of guanidine groups is 1. The van der Waals surface area contributed by atoms with Gasteiger partial charge in [0.1, 0.15) is 18.0 Å². The average molecular weight is 572 g/mol. The van der Waals surface area contributed by atoms with E-state index in [-0.39, 0.29) is 43.8 Å². The molecule has 0 fully saturated rings. The van der Waals surface area contributed by atoms with Crippen LogP contribution in [0.4, 0.5) is 5.69 Å². The molecule has 42 heavy (non-hydrogen) atoms. The van der Waals surface area contributed by atoms with Crippen LogP contribution in [0.15, 0.2) is 77.8 Å². The van der Waals surface area contributed by atoms with Gasteiger partial charge in [0.25, 0.3) is 5.91 Å². The molecule has 0 aliphatic carbocycles. The second kappa shape index (κ2) is 14.7. The van der Waals surface area contributed by atoms with E-state index in [9.17, 15) is 19.5 Å². The monoisotopic (exact) mass is 571 g/mol. The van der Waals surface area contributed by atoms with Gasteiger partial charge in [-0.1, -0.05) is 49.2 Å². The van der Waals surface area contributed by atoms with Crippen molar-refractivity contribution >= 4 is 29.4 Å². The van der Waals surface area contributed by atoms with Gasteiger partial charge >= 0.3 is 5.97 Å². The molecule has 0 saturated carbocycles. The van der Waals surface area contributed by atoms with Crippen molar-refractivity contribution in [3.63, 3.8) is 0 Å². The highest BCUT2D eigenvalue weighted by Crippen LogP contribution is 2.30. The van der Waals surface area contributed by atoms with Gasteiger partial charge < -0.3 is 31.1 Å². The number of unbranched alkanes of at least 4 members (excludes halogenated alkanes) is 3. The zero-order valence-electron chi connectivity index (χ0n) is 23.6. The molecule has 3 aromatic rings. The van der Waals surface area contributed by atoms with Crippen LogP contribution in [0.1, 0.15) is 53.6 Å². The number of anilines is 1. The SMILES string of the molecule is NC(N)=NCCCCCCc1ccc2c(c1)C(=O)N(CCC(=O)O)CC(=O)N2Cc1cccc(Oc2ccccc2)c1. The maximum atomic E-state index is 13.6. The molecule has 1 aliphatic rings. The molecule has 4 rings (SSSR count). The molecule has 0 spiro atoms. The Balaban J connectivity index is 1.53. The van der Waals surface area contributed by atoms with E-state index in [2.05, 4.69) is 4.99 Å². The minimum atomic E-state index is -1.03. The Labute approximate surface area is 245 Å². The average Bonchev–Trinajstić information content (AvgIpc) is 3.06. The number of rotatable bonds is 14. The number of carboxylic acid groups (broad SMARTS) is 1. The van der Waals surface area contributed by atoms with Crippen LogP contribution in [0, 0.1) is 0 Å². The third-order valence-electron chi connectivity index (χ3n) is 6.98. The first-order valence-electron chi connectivity index (χ1n) is 14.1. The third-order valence-corrected chi connectivity index (χ3v) is 6.98. The highest BCUT2D eigenvalue weighted by atomic mass is 16.5. The number of fused-ring (bicyclic) bond motifs is 1. The van der Waals surface area contributed by atoms with E-state index in [1.165, 1.54) is 4.90 Å². The lowest BCUT2D eigenvalue weighted by Crippen LogP contribution is -2.40. The van der Waals surface area contributed by atoms with Crippen molar-refractivity contribution in [3.05, 3.63) is 89.5 Å². The molecule has 10 nitrogen and oxygen atoms in total. The Morgan fingerprint density at radius 3 is 2.40 bits per heavy atom. The Morgan fingerprint density at radius 2 is 1.64 bits per heavy atom. The van der Waals surface area contributed by atoms with E-state index in [4.69, 9.17) is 16.2 Å². The number of carboxylic acids is 1. The lowest BCUT2D eigenvalue weighted by Gasteiger charge is -2.23. The van der Waals surface area contributed by atoms with Gasteiger partial charge in [-0.05, 0) is 66.8 Å². The molecular weight excluding hydrogens is 534 g/mol. The van der Waals surface area contributed by atoms with E-state index in [0.29, 0.717) is 29.3 Å². The lowest BCUT2D eigenvalue weighted by atomic mass is 10.0. The summed E-state index contributed by atoms with van der Waals surface area (Å²) in [6.07, 6.45) is 4.32. The van der Waals surface area contributed by atoms with Crippen LogP contribution in [-0.2, 0) is 22.6 Å². The van der Waals surface area contributed by atoms with Crippen molar-refractivity contribution < 1.29 is 24.2 Å². The minimum Gasteiger partial charge on any atom is -0.481 e. The summed E-state index contributed by atoms with van der Waals surface area (Å²) in [6.45, 7) is 0.583. The number of nitrogens with zero attached hydrogens (tertiary/aromatic N) is 3. The maximum absolute atomic E-state index is 13.6. The van der Waals surface area contributed by atoms with Crippen molar-refractivity contribution in [2.24, 2.45) is 16.5 Å². The predicted octanol–water partition coefficient (Wildman–Crippen LogP) is 4.32. The first-order valence-corrected chi connectivity index (χ1v) is 14.1. The van der Waals surface area contributed by atoms with E-state index >= 15 is 0 Å². The second-order valence-corrected chi connectivity index (χ2v) is 10.2. The number of carbonyl (C=O) groups is 3. The first-order chi connectivity index (χ1) is 20.3. The number of amides is 2. The fourth-order valence-electron chi connectivity index (χ4n) is 4.87. The van der Waals surface area contributed by atoms with Crippen molar-refractivity contribution in [3.8, 4) is 11.5 Å². The summed E-state index contributed by atoms with van der Waals surface area (Å²) in [7, 11) is 0. The normalized spacial score (nSPS) is 13.0. The molecule has 2 amide bonds. The van der Waals surface area contributed by atoms with E-state index in [1.807, 2.05) is 72.8 Å². The van der Waals surface area contributed by atoms with Crippen LogP contribution < -0.4 is 21.1 Å². The zero-order chi connectivity index (χ0) is 29.9. The number of carbonyl (C=O) groups excluding carboxylic acids is 2. The second-order valence-electron chi connectivity index (χ2n) is 10.2. The molecular formula is C32H37N5O5. The molecule has 0 radical (unpaired) electrons. The number of aryl methyl sites for hydroxylation is 1. The molecule has 1 heterocycles. The number of para-hydroxylation sites is 1. The van der Waals surface area contributed by atoms with E-state index in [0.717, 1.165) is 43.2 Å². The summed E-state index contributed by atoms with van der Waals surface area (Å²) in [5.41, 5.74) is 13.5. The number of nitrogens with two attached hydrogens (primary N) is 2. The van der Waals surface area contributed by atoms with Crippen molar-refractivity contribution in [1.29, 1.82) is 0 Å². The van der Waals surface area contributed by atoms with Crippen LogP contribution in [0.3, 0.4) is 0 Å². The molecule has 0 aromatic heterocycles. The number of hydrogen-bond donors (Lipinski definition) is 3. The van der Waals surface area contributed by atoms with Crippen LogP contribution in [0.25, 0.3) is 0 Å². The number of aliphatic imine (C=N–C) groups is 1. The fourth-order valence-corrected chi connectivity index (χ4v) is 4.87. The number of aliphatic carboxylic acids is 1. The lowest BCUT2D eigenvalue weighted by molar-refractivity contribution is -0.137. The fraction of sp³-hybridized carbons (Fsp3) is 0.312. The Hall–Kier alpha value is -4.86. The molecule has 0 atom stereocenters. The molecule has 0 saturated heterocycles. The standard InChI is InChI=1S/C32H37N5O5/c33-32(34)35-17-7-2-1-4-9-23-14-15-28-27(20-23)31(41)36(18-16-30(39)40)22-29(38)37(28)21-24-10-8-13-26(19-24)42-25-11-5-3-6-12-25/h3,5-6,8,10-15,19-20H,1-2,4,7,9,16-18,21-22H2,(H,39,40)(H4,33,34,35). The van der Waals surface area contributed by atoms with Gasteiger partial charge in [-0.15, -0.1) is 0 Å². The quantitative estimate of drug-likeness (QED) is 0.148. The van der Waals surface area contributed by atoms with Crippen molar-refractivity contribution in [1.82, 2.24) is 4.90 Å². The van der Waals surface area contributed by atoms with E-state index in [1.54, 1.807) is 4.90 Å². The third kappa shape index (κ3) is 8.57. The molecule has 3 aromatic carbocycles. The summed E-state index contributed by atoms with van der Waals surface area (Å²) in [5.74, 6) is -0.221. The van der Waals surface area contributed by atoms with Crippen LogP contribution >= 0.6 is 0 Å². The molecule has 5 N–H and O–H groups in total. The Bertz CT molecular complexity index is 1420. The smallest absolute Gasteiger partial charge is 0.305 e. The topological polar surface area (TPSA) is 152 Å². The largest absolute Gasteiger partial charge is 0.481 e.